The van der Waals surface area contributed by atoms with Gasteiger partial charge in [-0.15, -0.1) is 0 Å². The van der Waals surface area contributed by atoms with E-state index in [9.17, 15) is 8.78 Å². The SMILES string of the molecule is Cc1cc(F)cc([Si](C)(O[Si](C)(C)C)O[Si](C)(C)C)c1.Cc1ccc([Si](C)(O[Si](C)(C)C)O[Si](C)(C)C)c(F)c1. The lowest BCUT2D eigenvalue weighted by atomic mass is 10.2. The zero-order valence-corrected chi connectivity index (χ0v) is 33.9. The number of halogens is 2. The first-order valence-electron chi connectivity index (χ1n) is 14.0. The highest BCUT2D eigenvalue weighted by atomic mass is 28.5. The molecule has 0 N–H and O–H groups in total. The van der Waals surface area contributed by atoms with Crippen molar-refractivity contribution in [3.05, 3.63) is 59.2 Å². The van der Waals surface area contributed by atoms with Gasteiger partial charge in [-0.2, -0.15) is 0 Å². The zero-order chi connectivity index (χ0) is 31.5. The average Bonchev–Trinajstić information content (AvgIpc) is 2.61. The second kappa shape index (κ2) is 13.4. The molecule has 0 heterocycles. The Labute approximate surface area is 249 Å². The van der Waals surface area contributed by atoms with Gasteiger partial charge in [0.15, 0.2) is 33.3 Å². The lowest BCUT2D eigenvalue weighted by molar-refractivity contribution is 0.401. The van der Waals surface area contributed by atoms with Gasteiger partial charge in [-0.05, 0) is 140 Å². The fraction of sp³-hybridized carbons (Fsp3) is 0.571. The maximum absolute atomic E-state index is 14.4. The van der Waals surface area contributed by atoms with Crippen molar-refractivity contribution in [2.45, 2.75) is 106 Å². The zero-order valence-electron chi connectivity index (χ0n) is 27.9. The fourth-order valence-electron chi connectivity index (χ4n) is 4.59. The summed E-state index contributed by atoms with van der Waals surface area (Å²) in [4.78, 5) is 0. The summed E-state index contributed by atoms with van der Waals surface area (Å²) in [5.74, 6) is -0.409. The largest absolute Gasteiger partial charge is 0.433 e. The standard InChI is InChI=1S/2C14H27FO2Si3/c1-12-9-13(15)11-14(10-12)20(8,16-18(2,3)4)17-19(5,6)7;1-12-9-10-14(13(15)11-12)20(8,16-18(2,3)4)17-19(5,6)7/h2*9-11H,1-8H3. The van der Waals surface area contributed by atoms with Crippen molar-refractivity contribution >= 4 is 60.8 Å². The maximum atomic E-state index is 14.4. The molecule has 0 saturated carbocycles. The molecule has 2 aromatic carbocycles. The summed E-state index contributed by atoms with van der Waals surface area (Å²) >= 11 is 0. The smallest absolute Gasteiger partial charge is 0.351 e. The van der Waals surface area contributed by atoms with E-state index < -0.39 is 50.4 Å². The van der Waals surface area contributed by atoms with Crippen LogP contribution in [0.1, 0.15) is 11.1 Å². The third-order valence-corrected chi connectivity index (χ3v) is 23.9. The highest BCUT2D eigenvalue weighted by Crippen LogP contribution is 2.23. The van der Waals surface area contributed by atoms with E-state index in [0.717, 1.165) is 16.3 Å². The van der Waals surface area contributed by atoms with E-state index in [-0.39, 0.29) is 11.6 Å². The van der Waals surface area contributed by atoms with Crippen LogP contribution in [-0.4, -0.2) is 50.4 Å². The van der Waals surface area contributed by atoms with Gasteiger partial charge in [0.05, 0.1) is 0 Å². The van der Waals surface area contributed by atoms with E-state index in [4.69, 9.17) is 16.5 Å². The molecule has 0 bridgehead atoms. The molecule has 0 radical (unpaired) electrons. The van der Waals surface area contributed by atoms with Crippen molar-refractivity contribution in [2.75, 3.05) is 0 Å². The van der Waals surface area contributed by atoms with Crippen molar-refractivity contribution in [1.82, 2.24) is 0 Å². The second-order valence-corrected chi connectivity index (χ2v) is 39.8. The molecule has 40 heavy (non-hydrogen) atoms. The Morgan fingerprint density at radius 2 is 0.875 bits per heavy atom. The van der Waals surface area contributed by atoms with E-state index in [1.807, 2.05) is 38.6 Å². The highest BCUT2D eigenvalue weighted by Gasteiger charge is 2.44. The van der Waals surface area contributed by atoms with Crippen LogP contribution in [-0.2, 0) is 16.5 Å². The third-order valence-electron chi connectivity index (χ3n) is 5.18. The Morgan fingerprint density at radius 3 is 1.23 bits per heavy atom. The molecule has 0 aliphatic carbocycles. The first-order chi connectivity index (χ1) is 17.6. The van der Waals surface area contributed by atoms with Crippen LogP contribution in [0, 0.1) is 25.5 Å². The van der Waals surface area contributed by atoms with Gasteiger partial charge < -0.3 is 16.5 Å². The molecule has 4 nitrogen and oxygen atoms in total. The second-order valence-electron chi connectivity index (χ2n) is 14.7. The minimum absolute atomic E-state index is 0.198. The quantitative estimate of drug-likeness (QED) is 0.241. The number of hydrogen-bond acceptors (Lipinski definition) is 4. The van der Waals surface area contributed by atoms with Crippen LogP contribution in [0.4, 0.5) is 8.78 Å². The van der Waals surface area contributed by atoms with Gasteiger partial charge in [0.25, 0.3) is 0 Å². The van der Waals surface area contributed by atoms with E-state index in [1.54, 1.807) is 18.2 Å². The summed E-state index contributed by atoms with van der Waals surface area (Å²) < 4.78 is 53.7. The monoisotopic (exact) mass is 660 g/mol. The van der Waals surface area contributed by atoms with Gasteiger partial charge in [-0.1, -0.05) is 18.2 Å². The van der Waals surface area contributed by atoms with Crippen LogP contribution in [0.5, 0.6) is 0 Å². The van der Waals surface area contributed by atoms with Gasteiger partial charge in [0, 0.05) is 5.19 Å². The number of hydrogen-bond donors (Lipinski definition) is 0. The average molecular weight is 661 g/mol. The molecule has 0 amide bonds. The normalized spacial score (nSPS) is 13.7. The molecular formula is C28H54F2O4Si6. The molecule has 0 atom stereocenters. The van der Waals surface area contributed by atoms with Crippen molar-refractivity contribution in [3.63, 3.8) is 0 Å². The van der Waals surface area contributed by atoms with Crippen molar-refractivity contribution in [2.24, 2.45) is 0 Å². The number of rotatable bonds is 10. The Morgan fingerprint density at radius 1 is 0.475 bits per heavy atom. The third kappa shape index (κ3) is 13.6. The predicted molar refractivity (Wildman–Crippen MR) is 183 cm³/mol. The van der Waals surface area contributed by atoms with Crippen molar-refractivity contribution in [3.8, 4) is 0 Å². The molecule has 0 fully saturated rings. The fourth-order valence-corrected chi connectivity index (χ4v) is 28.0. The molecule has 0 unspecified atom stereocenters. The van der Waals surface area contributed by atoms with Crippen molar-refractivity contribution in [1.29, 1.82) is 0 Å². The Bertz CT molecular complexity index is 1080. The molecule has 0 aliphatic heterocycles. The summed E-state index contributed by atoms with van der Waals surface area (Å²) in [6.45, 7) is 33.5. The minimum Gasteiger partial charge on any atom is -0.433 e. The van der Waals surface area contributed by atoms with E-state index in [0.29, 0.717) is 5.19 Å². The lowest BCUT2D eigenvalue weighted by Gasteiger charge is -2.38. The minimum atomic E-state index is -2.72. The molecular weight excluding hydrogens is 607 g/mol. The number of benzene rings is 2. The summed E-state index contributed by atoms with van der Waals surface area (Å²) in [6, 6.07) is 10.5. The summed E-state index contributed by atoms with van der Waals surface area (Å²) in [6.07, 6.45) is 0. The van der Waals surface area contributed by atoms with Crippen LogP contribution in [0.3, 0.4) is 0 Å². The molecule has 0 aliphatic rings. The van der Waals surface area contributed by atoms with Crippen LogP contribution < -0.4 is 10.4 Å². The predicted octanol–water partition coefficient (Wildman–Crippen LogP) is 8.23. The summed E-state index contributed by atoms with van der Waals surface area (Å²) in [5, 5.41) is 1.54. The van der Waals surface area contributed by atoms with Crippen LogP contribution >= 0.6 is 0 Å². The van der Waals surface area contributed by atoms with Crippen molar-refractivity contribution < 1.29 is 25.2 Å². The molecule has 0 aromatic heterocycles. The van der Waals surface area contributed by atoms with Gasteiger partial charge in [-0.25, -0.2) is 8.78 Å². The lowest BCUT2D eigenvalue weighted by Crippen LogP contribution is -2.61. The van der Waals surface area contributed by atoms with Gasteiger partial charge in [0.2, 0.25) is 0 Å². The number of aryl methyl sites for hydroxylation is 2. The Hall–Kier alpha value is -0.559. The van der Waals surface area contributed by atoms with E-state index in [1.165, 1.54) is 0 Å². The van der Waals surface area contributed by atoms with Gasteiger partial charge in [0.1, 0.15) is 11.6 Å². The molecule has 2 rings (SSSR count). The van der Waals surface area contributed by atoms with E-state index >= 15 is 0 Å². The van der Waals surface area contributed by atoms with Gasteiger partial charge in [-0.3, -0.25) is 0 Å². The van der Waals surface area contributed by atoms with Crippen LogP contribution in [0.2, 0.25) is 91.7 Å². The maximum Gasteiger partial charge on any atom is 0.351 e. The molecule has 12 heteroatoms. The topological polar surface area (TPSA) is 36.9 Å². The molecule has 0 spiro atoms. The summed E-state index contributed by atoms with van der Waals surface area (Å²) in [5.41, 5.74) is 1.83. The molecule has 228 valence electrons. The first kappa shape index (κ1) is 37.5. The van der Waals surface area contributed by atoms with E-state index in [2.05, 4.69) is 85.1 Å². The highest BCUT2D eigenvalue weighted by molar-refractivity contribution is 6.95. The Kier molecular flexibility index (Phi) is 12.5. The molecule has 2 aromatic rings. The first-order valence-corrected chi connectivity index (χ1v) is 32.2. The Balaban J connectivity index is 0.000000400. The molecule has 0 saturated heterocycles. The summed E-state index contributed by atoms with van der Waals surface area (Å²) in [7, 11) is -12.5. The van der Waals surface area contributed by atoms with Gasteiger partial charge >= 0.3 is 17.1 Å². The van der Waals surface area contributed by atoms with Crippen LogP contribution in [0.25, 0.3) is 0 Å². The van der Waals surface area contributed by atoms with Crippen LogP contribution in [0.15, 0.2) is 36.4 Å².